The summed E-state index contributed by atoms with van der Waals surface area (Å²) in [6, 6.07) is 48.5. The van der Waals surface area contributed by atoms with Crippen LogP contribution < -0.4 is 21.2 Å². The third kappa shape index (κ3) is 6.69. The summed E-state index contributed by atoms with van der Waals surface area (Å²) in [5.41, 5.74) is 4.28. The normalized spacial score (nSPS) is 14.6. The lowest BCUT2D eigenvalue weighted by atomic mass is 10.1. The Balaban J connectivity index is 1.40. The molecule has 1 heterocycles. The van der Waals surface area contributed by atoms with Crippen molar-refractivity contribution in [1.29, 1.82) is 0 Å². The number of esters is 1. The fourth-order valence-electron chi connectivity index (χ4n) is 6.28. The molecule has 1 amide bonds. The van der Waals surface area contributed by atoms with Crippen LogP contribution in [0.15, 0.2) is 140 Å². The fourth-order valence-corrected chi connectivity index (χ4v) is 10.5. The standard InChI is InChI=1S/C39H38N2O3P/c1-44-38(42)27-37-39(43)41(25-24-30-14-6-2-7-15-30)28-32-23-22-31(26-36(32)40-37)29-45(33-16-8-3-9-17-33,34-18-10-4-11-19-34)35-20-12-5-13-21-35/h2-23,26,37,40H,24-25,27-29H2,1H3/q+1. The largest absolute Gasteiger partial charge is 0.469 e. The van der Waals surface area contributed by atoms with E-state index in [1.54, 1.807) is 0 Å². The van der Waals surface area contributed by atoms with Gasteiger partial charge < -0.3 is 15.0 Å². The Morgan fingerprint density at radius 1 is 0.756 bits per heavy atom. The lowest BCUT2D eigenvalue weighted by Crippen LogP contribution is -2.42. The average Bonchev–Trinajstić information content (AvgIpc) is 3.23. The molecule has 0 aliphatic carbocycles. The van der Waals surface area contributed by atoms with Gasteiger partial charge in [0.2, 0.25) is 5.91 Å². The molecule has 1 aliphatic rings. The number of nitrogens with zero attached hydrogens (tertiary/aromatic N) is 1. The first-order chi connectivity index (χ1) is 22.1. The van der Waals surface area contributed by atoms with Crippen molar-refractivity contribution in [3.05, 3.63) is 156 Å². The first kappa shape index (κ1) is 30.3. The summed E-state index contributed by atoms with van der Waals surface area (Å²) in [6.45, 7) is 1.04. The second-order valence-electron chi connectivity index (χ2n) is 11.4. The molecule has 0 fully saturated rings. The van der Waals surface area contributed by atoms with E-state index in [4.69, 9.17) is 4.74 Å². The fraction of sp³-hybridized carbons (Fsp3) is 0.179. The predicted molar refractivity (Wildman–Crippen MR) is 185 cm³/mol. The van der Waals surface area contributed by atoms with Crippen molar-refractivity contribution in [2.24, 2.45) is 0 Å². The van der Waals surface area contributed by atoms with Crippen molar-refractivity contribution in [3.63, 3.8) is 0 Å². The van der Waals surface area contributed by atoms with Crippen molar-refractivity contribution in [1.82, 2.24) is 4.90 Å². The topological polar surface area (TPSA) is 58.6 Å². The number of nitrogens with one attached hydrogen (secondary N) is 1. The SMILES string of the molecule is COC(=O)CC1Nc2cc(C[P+](c3ccccc3)(c3ccccc3)c3ccccc3)ccc2CN(CCc2ccccc2)C1=O. The van der Waals surface area contributed by atoms with E-state index in [0.717, 1.165) is 23.8 Å². The van der Waals surface area contributed by atoms with Gasteiger partial charge in [0.15, 0.2) is 0 Å². The Bertz CT molecular complexity index is 1630. The first-order valence-corrected chi connectivity index (χ1v) is 17.4. The molecule has 6 rings (SSSR count). The van der Waals surface area contributed by atoms with Crippen LogP contribution in [0, 0.1) is 0 Å². The molecule has 0 saturated heterocycles. The van der Waals surface area contributed by atoms with Crippen molar-refractivity contribution in [2.75, 3.05) is 19.0 Å². The number of ether oxygens (including phenoxy) is 1. The molecule has 45 heavy (non-hydrogen) atoms. The number of hydrogen-bond donors (Lipinski definition) is 1. The van der Waals surface area contributed by atoms with Crippen molar-refractivity contribution >= 4 is 40.7 Å². The average molecular weight is 614 g/mol. The molecule has 0 bridgehead atoms. The van der Waals surface area contributed by atoms with Crippen molar-refractivity contribution in [3.8, 4) is 0 Å². The molecular weight excluding hydrogens is 575 g/mol. The van der Waals surface area contributed by atoms with Crippen LogP contribution in [0.25, 0.3) is 0 Å². The second kappa shape index (κ2) is 13.9. The zero-order valence-electron chi connectivity index (χ0n) is 25.5. The molecule has 5 aromatic rings. The second-order valence-corrected chi connectivity index (χ2v) is 14.9. The Morgan fingerprint density at radius 3 is 1.82 bits per heavy atom. The lowest BCUT2D eigenvalue weighted by molar-refractivity contribution is -0.144. The number of fused-ring (bicyclic) bond motifs is 1. The quantitative estimate of drug-likeness (QED) is 0.153. The summed E-state index contributed by atoms with van der Waals surface area (Å²) in [5, 5.41) is 7.42. The highest BCUT2D eigenvalue weighted by molar-refractivity contribution is 7.95. The van der Waals surface area contributed by atoms with Gasteiger partial charge in [-0.2, -0.15) is 0 Å². The van der Waals surface area contributed by atoms with Gasteiger partial charge in [-0.15, -0.1) is 0 Å². The number of benzene rings is 5. The van der Waals surface area contributed by atoms with Gasteiger partial charge in [-0.3, -0.25) is 9.59 Å². The summed E-state index contributed by atoms with van der Waals surface area (Å²) >= 11 is 0. The molecule has 226 valence electrons. The van der Waals surface area contributed by atoms with Gasteiger partial charge in [0.25, 0.3) is 0 Å². The smallest absolute Gasteiger partial charge is 0.308 e. The van der Waals surface area contributed by atoms with Crippen molar-refractivity contribution in [2.45, 2.75) is 31.6 Å². The molecule has 1 N–H and O–H groups in total. The number of hydrogen-bond acceptors (Lipinski definition) is 4. The summed E-state index contributed by atoms with van der Waals surface area (Å²) in [4.78, 5) is 28.1. The van der Waals surface area contributed by atoms with Crippen molar-refractivity contribution < 1.29 is 14.3 Å². The number of amides is 1. The molecule has 1 atom stereocenters. The van der Waals surface area contributed by atoms with Gasteiger partial charge in [0.05, 0.1) is 19.7 Å². The highest BCUT2D eigenvalue weighted by Gasteiger charge is 2.45. The Morgan fingerprint density at radius 2 is 1.29 bits per heavy atom. The third-order valence-electron chi connectivity index (χ3n) is 8.60. The van der Waals surface area contributed by atoms with Crippen LogP contribution in [0.5, 0.6) is 0 Å². The minimum atomic E-state index is -2.11. The minimum Gasteiger partial charge on any atom is -0.469 e. The van der Waals surface area contributed by atoms with Gasteiger partial charge in [0.1, 0.15) is 29.2 Å². The monoisotopic (exact) mass is 613 g/mol. The van der Waals surface area contributed by atoms with E-state index >= 15 is 0 Å². The van der Waals surface area contributed by atoms with Gasteiger partial charge in [-0.1, -0.05) is 97.1 Å². The van der Waals surface area contributed by atoms with Crippen LogP contribution in [0.1, 0.15) is 23.1 Å². The molecular formula is C39H38N2O3P+. The molecule has 6 heteroatoms. The van der Waals surface area contributed by atoms with Crippen LogP contribution in [0.2, 0.25) is 0 Å². The molecule has 5 aromatic carbocycles. The maximum absolute atomic E-state index is 13.8. The highest BCUT2D eigenvalue weighted by atomic mass is 31.2. The molecule has 0 saturated carbocycles. The van der Waals surface area contributed by atoms with Gasteiger partial charge in [-0.25, -0.2) is 0 Å². The van der Waals surface area contributed by atoms with E-state index in [2.05, 4.69) is 127 Å². The molecule has 1 aliphatic heterocycles. The van der Waals surface area contributed by atoms with Crippen LogP contribution in [-0.4, -0.2) is 36.5 Å². The summed E-state index contributed by atoms with van der Waals surface area (Å²) < 4.78 is 4.99. The Kier molecular flexibility index (Phi) is 9.38. The predicted octanol–water partition coefficient (Wildman–Crippen LogP) is 6.11. The summed E-state index contributed by atoms with van der Waals surface area (Å²) in [7, 11) is -0.749. The Labute approximate surface area is 266 Å². The zero-order chi connectivity index (χ0) is 31.1. The van der Waals surface area contributed by atoms with E-state index in [9.17, 15) is 9.59 Å². The zero-order valence-corrected chi connectivity index (χ0v) is 26.4. The van der Waals surface area contributed by atoms with E-state index in [1.807, 2.05) is 23.1 Å². The van der Waals surface area contributed by atoms with E-state index < -0.39 is 19.3 Å². The maximum Gasteiger partial charge on any atom is 0.308 e. The molecule has 5 nitrogen and oxygen atoms in total. The van der Waals surface area contributed by atoms with E-state index in [-0.39, 0.29) is 12.3 Å². The number of anilines is 1. The Hall–Kier alpha value is -4.73. The van der Waals surface area contributed by atoms with Crippen LogP contribution >= 0.6 is 7.26 Å². The number of methoxy groups -OCH3 is 1. The summed E-state index contributed by atoms with van der Waals surface area (Å²) in [6.07, 6.45) is 1.52. The molecule has 0 radical (unpaired) electrons. The lowest BCUT2D eigenvalue weighted by Gasteiger charge is -2.28. The van der Waals surface area contributed by atoms with Crippen LogP contribution in [0.3, 0.4) is 0 Å². The maximum atomic E-state index is 13.8. The number of rotatable bonds is 10. The number of carbonyl (C=O) groups is 2. The summed E-state index contributed by atoms with van der Waals surface area (Å²) in [5.74, 6) is -0.501. The van der Waals surface area contributed by atoms with Gasteiger partial charge in [-0.05, 0) is 65.6 Å². The van der Waals surface area contributed by atoms with Crippen LogP contribution in [-0.2, 0) is 33.5 Å². The molecule has 0 aromatic heterocycles. The van der Waals surface area contributed by atoms with Crippen LogP contribution in [0.4, 0.5) is 5.69 Å². The van der Waals surface area contributed by atoms with E-state index in [1.165, 1.54) is 34.2 Å². The first-order valence-electron chi connectivity index (χ1n) is 15.4. The molecule has 1 unspecified atom stereocenters. The minimum absolute atomic E-state index is 0.0319. The highest BCUT2D eigenvalue weighted by Crippen LogP contribution is 2.58. The van der Waals surface area contributed by atoms with Gasteiger partial charge in [0, 0.05) is 18.8 Å². The molecule has 0 spiro atoms. The van der Waals surface area contributed by atoms with E-state index in [0.29, 0.717) is 13.1 Å². The third-order valence-corrected chi connectivity index (χ3v) is 13.0. The number of carbonyl (C=O) groups excluding carboxylic acids is 2. The van der Waals surface area contributed by atoms with Gasteiger partial charge >= 0.3 is 5.97 Å².